The number of para-hydroxylation sites is 1. The highest BCUT2D eigenvalue weighted by Gasteiger charge is 2.13. The number of amides is 1. The molecule has 0 atom stereocenters. The molecule has 2 N–H and O–H groups in total. The molecular formula is C18H17N3O3. The molecule has 0 aliphatic heterocycles. The van der Waals surface area contributed by atoms with Gasteiger partial charge in [0, 0.05) is 23.6 Å². The molecule has 0 unspecified atom stereocenters. The number of benzene rings is 2. The van der Waals surface area contributed by atoms with Crippen molar-refractivity contribution < 1.29 is 14.6 Å². The number of hydrogen-bond donors (Lipinski definition) is 2. The van der Waals surface area contributed by atoms with E-state index in [1.807, 2.05) is 12.1 Å². The largest absolute Gasteiger partial charge is 0.496 e. The maximum atomic E-state index is 12.6. The van der Waals surface area contributed by atoms with Crippen LogP contribution in [0, 0.1) is 0 Å². The van der Waals surface area contributed by atoms with E-state index in [2.05, 4.69) is 10.4 Å². The number of aromatic nitrogens is 2. The fourth-order valence-electron chi connectivity index (χ4n) is 2.46. The zero-order valence-corrected chi connectivity index (χ0v) is 13.1. The quantitative estimate of drug-likeness (QED) is 0.757. The number of anilines is 1. The molecule has 0 fully saturated rings. The molecule has 0 bridgehead atoms. The number of carbonyl (C=O) groups excluding carboxylic acids is 1. The number of nitrogens with zero attached hydrogens (tertiary/aromatic N) is 2. The van der Waals surface area contributed by atoms with E-state index in [1.54, 1.807) is 53.5 Å². The van der Waals surface area contributed by atoms with Gasteiger partial charge >= 0.3 is 0 Å². The van der Waals surface area contributed by atoms with Crippen molar-refractivity contribution in [3.63, 3.8) is 0 Å². The number of rotatable bonds is 5. The van der Waals surface area contributed by atoms with E-state index in [-0.39, 0.29) is 12.5 Å². The van der Waals surface area contributed by atoms with E-state index in [1.165, 1.54) is 7.11 Å². The molecule has 3 rings (SSSR count). The molecule has 0 saturated carbocycles. The number of carbonyl (C=O) groups is 1. The van der Waals surface area contributed by atoms with Crippen molar-refractivity contribution in [1.29, 1.82) is 0 Å². The third-order valence-corrected chi connectivity index (χ3v) is 3.61. The van der Waals surface area contributed by atoms with Crippen LogP contribution in [0.3, 0.4) is 0 Å². The highest BCUT2D eigenvalue weighted by atomic mass is 16.5. The van der Waals surface area contributed by atoms with Crippen molar-refractivity contribution in [2.45, 2.75) is 6.61 Å². The SMILES string of the molecule is COc1ccc(NC(=O)c2ccccc2-n2cccn2)cc1CO. The first-order valence-corrected chi connectivity index (χ1v) is 7.41. The Morgan fingerprint density at radius 3 is 2.79 bits per heavy atom. The van der Waals surface area contributed by atoms with E-state index in [4.69, 9.17) is 4.74 Å². The number of nitrogens with one attached hydrogen (secondary N) is 1. The molecule has 122 valence electrons. The second-order valence-corrected chi connectivity index (χ2v) is 5.11. The topological polar surface area (TPSA) is 76.4 Å². The molecule has 6 nitrogen and oxygen atoms in total. The normalized spacial score (nSPS) is 10.4. The second-order valence-electron chi connectivity index (χ2n) is 5.11. The maximum Gasteiger partial charge on any atom is 0.257 e. The number of methoxy groups -OCH3 is 1. The molecule has 0 aliphatic carbocycles. The van der Waals surface area contributed by atoms with Crippen LogP contribution in [0.15, 0.2) is 60.9 Å². The average molecular weight is 323 g/mol. The lowest BCUT2D eigenvalue weighted by atomic mass is 10.1. The standard InChI is InChI=1S/C18H17N3O3/c1-24-17-8-7-14(11-13(17)12-22)20-18(23)15-5-2-3-6-16(15)21-10-4-9-19-21/h2-11,22H,12H2,1H3,(H,20,23). The highest BCUT2D eigenvalue weighted by Crippen LogP contribution is 2.23. The Balaban J connectivity index is 1.89. The summed E-state index contributed by atoms with van der Waals surface area (Å²) in [6.45, 7) is -0.170. The second kappa shape index (κ2) is 6.97. The van der Waals surface area contributed by atoms with Crippen LogP contribution in [-0.4, -0.2) is 27.9 Å². The minimum absolute atomic E-state index is 0.170. The average Bonchev–Trinajstić information content (AvgIpc) is 3.16. The van der Waals surface area contributed by atoms with Gasteiger partial charge in [-0.1, -0.05) is 12.1 Å². The first-order valence-electron chi connectivity index (χ1n) is 7.41. The Kier molecular flexibility index (Phi) is 4.58. The van der Waals surface area contributed by atoms with Gasteiger partial charge in [-0.25, -0.2) is 4.68 Å². The number of ether oxygens (including phenoxy) is 1. The molecule has 2 aromatic carbocycles. The summed E-state index contributed by atoms with van der Waals surface area (Å²) in [6.07, 6.45) is 3.44. The summed E-state index contributed by atoms with van der Waals surface area (Å²) < 4.78 is 6.81. The first kappa shape index (κ1) is 15.8. The van der Waals surface area contributed by atoms with Crippen LogP contribution in [0.5, 0.6) is 5.75 Å². The van der Waals surface area contributed by atoms with Crippen LogP contribution in [0.25, 0.3) is 5.69 Å². The third kappa shape index (κ3) is 3.13. The van der Waals surface area contributed by atoms with Gasteiger partial charge < -0.3 is 15.2 Å². The molecule has 0 aliphatic rings. The molecule has 1 aromatic heterocycles. The smallest absolute Gasteiger partial charge is 0.257 e. The number of aliphatic hydroxyl groups excluding tert-OH is 1. The Hall–Kier alpha value is -3.12. The predicted octanol–water partition coefficient (Wildman–Crippen LogP) is 2.63. The lowest BCUT2D eigenvalue weighted by molar-refractivity contribution is 0.102. The van der Waals surface area contributed by atoms with Crippen molar-refractivity contribution in [2.24, 2.45) is 0 Å². The van der Waals surface area contributed by atoms with Gasteiger partial charge in [0.15, 0.2) is 0 Å². The van der Waals surface area contributed by atoms with Gasteiger partial charge in [-0.3, -0.25) is 4.79 Å². The van der Waals surface area contributed by atoms with Gasteiger partial charge in [0.2, 0.25) is 0 Å². The number of aliphatic hydroxyl groups is 1. The summed E-state index contributed by atoms with van der Waals surface area (Å²) in [7, 11) is 1.53. The van der Waals surface area contributed by atoms with Gasteiger partial charge in [0.05, 0.1) is 25.0 Å². The van der Waals surface area contributed by atoms with Crippen LogP contribution < -0.4 is 10.1 Å². The Bertz CT molecular complexity index is 844. The molecule has 1 amide bonds. The summed E-state index contributed by atoms with van der Waals surface area (Å²) in [5, 5.41) is 16.4. The Labute approximate surface area is 139 Å². The van der Waals surface area contributed by atoms with Crippen LogP contribution in [0.4, 0.5) is 5.69 Å². The van der Waals surface area contributed by atoms with E-state index >= 15 is 0 Å². The van der Waals surface area contributed by atoms with E-state index in [9.17, 15) is 9.90 Å². The molecule has 3 aromatic rings. The molecule has 1 heterocycles. The third-order valence-electron chi connectivity index (χ3n) is 3.61. The molecule has 0 saturated heterocycles. The molecule has 24 heavy (non-hydrogen) atoms. The predicted molar refractivity (Wildman–Crippen MR) is 90.4 cm³/mol. The zero-order chi connectivity index (χ0) is 16.9. The van der Waals surface area contributed by atoms with Crippen molar-refractivity contribution in [3.8, 4) is 11.4 Å². The summed E-state index contributed by atoms with van der Waals surface area (Å²) >= 11 is 0. The van der Waals surface area contributed by atoms with Crippen LogP contribution >= 0.6 is 0 Å². The minimum atomic E-state index is -0.254. The molecule has 6 heteroatoms. The van der Waals surface area contributed by atoms with Gasteiger partial charge in [-0.2, -0.15) is 5.10 Å². The lowest BCUT2D eigenvalue weighted by Crippen LogP contribution is -2.15. The van der Waals surface area contributed by atoms with Gasteiger partial charge in [0.1, 0.15) is 5.75 Å². The van der Waals surface area contributed by atoms with Crippen LogP contribution in [0.2, 0.25) is 0 Å². The fourth-order valence-corrected chi connectivity index (χ4v) is 2.46. The minimum Gasteiger partial charge on any atom is -0.496 e. The Morgan fingerprint density at radius 1 is 1.25 bits per heavy atom. The van der Waals surface area contributed by atoms with Crippen molar-refractivity contribution in [3.05, 3.63) is 72.1 Å². The highest BCUT2D eigenvalue weighted by molar-refractivity contribution is 6.06. The lowest BCUT2D eigenvalue weighted by Gasteiger charge is -2.12. The van der Waals surface area contributed by atoms with Gasteiger partial charge in [0.25, 0.3) is 5.91 Å². The van der Waals surface area contributed by atoms with E-state index in [0.29, 0.717) is 28.3 Å². The molecular weight excluding hydrogens is 306 g/mol. The van der Waals surface area contributed by atoms with Crippen molar-refractivity contribution >= 4 is 11.6 Å². The zero-order valence-electron chi connectivity index (χ0n) is 13.1. The van der Waals surface area contributed by atoms with Crippen LogP contribution in [-0.2, 0) is 6.61 Å². The fraction of sp³-hybridized carbons (Fsp3) is 0.111. The van der Waals surface area contributed by atoms with E-state index < -0.39 is 0 Å². The number of hydrogen-bond acceptors (Lipinski definition) is 4. The van der Waals surface area contributed by atoms with E-state index in [0.717, 1.165) is 0 Å². The van der Waals surface area contributed by atoms with Gasteiger partial charge in [-0.15, -0.1) is 0 Å². The summed E-state index contributed by atoms with van der Waals surface area (Å²) in [5.74, 6) is 0.322. The van der Waals surface area contributed by atoms with Gasteiger partial charge in [-0.05, 0) is 36.4 Å². The summed E-state index contributed by atoms with van der Waals surface area (Å²) in [4.78, 5) is 12.6. The molecule has 0 radical (unpaired) electrons. The molecule has 0 spiro atoms. The first-order chi connectivity index (χ1) is 11.7. The van der Waals surface area contributed by atoms with Crippen LogP contribution in [0.1, 0.15) is 15.9 Å². The monoisotopic (exact) mass is 323 g/mol. The maximum absolute atomic E-state index is 12.6. The summed E-state index contributed by atoms with van der Waals surface area (Å²) in [5.41, 5.74) is 2.38. The summed E-state index contributed by atoms with van der Waals surface area (Å²) in [6, 6.07) is 14.1. The van der Waals surface area contributed by atoms with Crippen molar-refractivity contribution in [1.82, 2.24) is 9.78 Å². The van der Waals surface area contributed by atoms with Crippen molar-refractivity contribution in [2.75, 3.05) is 12.4 Å². The Morgan fingerprint density at radius 2 is 2.08 bits per heavy atom.